The van der Waals surface area contributed by atoms with E-state index in [9.17, 15) is 18.3 Å². The summed E-state index contributed by atoms with van der Waals surface area (Å²) in [6.45, 7) is 5.60. The quantitative estimate of drug-likeness (QED) is 0.832. The maximum atomic E-state index is 13.3. The first kappa shape index (κ1) is 19.9. The van der Waals surface area contributed by atoms with Crippen LogP contribution in [0.4, 0.5) is 5.69 Å². The van der Waals surface area contributed by atoms with Gasteiger partial charge in [-0.2, -0.15) is 4.31 Å². The van der Waals surface area contributed by atoms with Crippen molar-refractivity contribution in [1.82, 2.24) is 4.31 Å². The van der Waals surface area contributed by atoms with E-state index >= 15 is 0 Å². The Hall–Kier alpha value is -2.38. The van der Waals surface area contributed by atoms with Crippen molar-refractivity contribution < 1.29 is 18.3 Å². The number of piperazine rings is 1. The average Bonchev–Trinajstić information content (AvgIpc) is 3.12. The van der Waals surface area contributed by atoms with Gasteiger partial charge in [0.15, 0.2) is 0 Å². The summed E-state index contributed by atoms with van der Waals surface area (Å²) in [6.07, 6.45) is 1.21. The summed E-state index contributed by atoms with van der Waals surface area (Å²) in [5.74, 6) is -1.51. The molecule has 1 saturated heterocycles. The second-order valence-electron chi connectivity index (χ2n) is 8.04. The van der Waals surface area contributed by atoms with Crippen LogP contribution < -0.4 is 4.90 Å². The minimum Gasteiger partial charge on any atom is -0.481 e. The molecule has 1 aliphatic heterocycles. The van der Waals surface area contributed by atoms with Crippen LogP contribution in [0.15, 0.2) is 47.4 Å². The standard InChI is InChI=1S/C22H26N2O4S/c1-15-3-7-18(8-4-15)23-11-12-24(16(2)14-23)29(27,28)19-9-5-17-6-10-20(22(25)26)21(17)13-19/h3-5,7-9,13,16,20H,6,10-12,14H2,1-2H3,(H,25,26)/t16-,20?/m0/s1. The number of carbonyl (C=O) groups is 1. The summed E-state index contributed by atoms with van der Waals surface area (Å²) in [5.41, 5.74) is 3.87. The molecule has 0 saturated carbocycles. The van der Waals surface area contributed by atoms with Gasteiger partial charge in [0.1, 0.15) is 0 Å². The van der Waals surface area contributed by atoms with Crippen molar-refractivity contribution in [2.75, 3.05) is 24.5 Å². The zero-order valence-electron chi connectivity index (χ0n) is 16.7. The van der Waals surface area contributed by atoms with E-state index in [1.165, 1.54) is 5.56 Å². The van der Waals surface area contributed by atoms with Crippen LogP contribution in [-0.4, -0.2) is 49.5 Å². The highest BCUT2D eigenvalue weighted by Gasteiger charge is 2.36. The van der Waals surface area contributed by atoms with Gasteiger partial charge in [-0.25, -0.2) is 8.42 Å². The molecule has 2 aromatic rings. The topological polar surface area (TPSA) is 77.9 Å². The van der Waals surface area contributed by atoms with Gasteiger partial charge in [-0.3, -0.25) is 4.79 Å². The molecule has 7 heteroatoms. The lowest BCUT2D eigenvalue weighted by Crippen LogP contribution is -2.54. The van der Waals surface area contributed by atoms with Crippen LogP contribution in [0, 0.1) is 6.92 Å². The Labute approximate surface area is 171 Å². The molecule has 154 valence electrons. The summed E-state index contributed by atoms with van der Waals surface area (Å²) >= 11 is 0. The van der Waals surface area contributed by atoms with E-state index in [1.54, 1.807) is 22.5 Å². The third-order valence-corrected chi connectivity index (χ3v) is 8.08. The summed E-state index contributed by atoms with van der Waals surface area (Å²) < 4.78 is 28.2. The third-order valence-electron chi connectivity index (χ3n) is 6.07. The van der Waals surface area contributed by atoms with Gasteiger partial charge < -0.3 is 10.0 Å². The molecule has 0 radical (unpaired) electrons. The van der Waals surface area contributed by atoms with Gasteiger partial charge in [-0.1, -0.05) is 23.8 Å². The fourth-order valence-corrected chi connectivity index (χ4v) is 6.07. The highest BCUT2D eigenvalue weighted by molar-refractivity contribution is 7.89. The first-order valence-corrected chi connectivity index (χ1v) is 11.4. The molecule has 0 aromatic heterocycles. The van der Waals surface area contributed by atoms with Crippen LogP contribution in [0.25, 0.3) is 0 Å². The van der Waals surface area contributed by atoms with Gasteiger partial charge in [0.25, 0.3) is 0 Å². The predicted molar refractivity (Wildman–Crippen MR) is 112 cm³/mol. The van der Waals surface area contributed by atoms with Crippen molar-refractivity contribution in [3.8, 4) is 0 Å². The number of hydrogen-bond donors (Lipinski definition) is 1. The summed E-state index contributed by atoms with van der Waals surface area (Å²) in [5, 5.41) is 9.43. The van der Waals surface area contributed by atoms with E-state index in [-0.39, 0.29) is 10.9 Å². The second-order valence-corrected chi connectivity index (χ2v) is 9.93. The third kappa shape index (κ3) is 3.65. The van der Waals surface area contributed by atoms with Gasteiger partial charge in [-0.05, 0) is 62.1 Å². The Morgan fingerprint density at radius 1 is 1.10 bits per heavy atom. The van der Waals surface area contributed by atoms with Crippen molar-refractivity contribution in [2.24, 2.45) is 0 Å². The molecule has 2 atom stereocenters. The maximum absolute atomic E-state index is 13.3. The Bertz CT molecular complexity index is 1030. The van der Waals surface area contributed by atoms with Crippen LogP contribution in [-0.2, 0) is 21.2 Å². The number of hydrogen-bond acceptors (Lipinski definition) is 4. The number of aliphatic carboxylic acids is 1. The molecular weight excluding hydrogens is 388 g/mol. The molecule has 0 amide bonds. The van der Waals surface area contributed by atoms with Gasteiger partial charge in [-0.15, -0.1) is 0 Å². The molecule has 0 bridgehead atoms. The Morgan fingerprint density at radius 2 is 1.83 bits per heavy atom. The summed E-state index contributed by atoms with van der Waals surface area (Å²) in [7, 11) is -3.68. The second kappa shape index (κ2) is 7.46. The minimum atomic E-state index is -3.68. The van der Waals surface area contributed by atoms with Crippen LogP contribution in [0.1, 0.15) is 36.0 Å². The highest BCUT2D eigenvalue weighted by Crippen LogP contribution is 2.36. The van der Waals surface area contributed by atoms with Gasteiger partial charge in [0, 0.05) is 31.4 Å². The van der Waals surface area contributed by atoms with Crippen LogP contribution in [0.3, 0.4) is 0 Å². The largest absolute Gasteiger partial charge is 0.481 e. The normalized spacial score (nSPS) is 22.5. The fraction of sp³-hybridized carbons (Fsp3) is 0.409. The minimum absolute atomic E-state index is 0.182. The van der Waals surface area contributed by atoms with Crippen LogP contribution in [0.5, 0.6) is 0 Å². The van der Waals surface area contributed by atoms with E-state index in [2.05, 4.69) is 29.2 Å². The van der Waals surface area contributed by atoms with E-state index in [0.717, 1.165) is 11.3 Å². The monoisotopic (exact) mass is 414 g/mol. The number of carboxylic acid groups (broad SMARTS) is 1. The van der Waals surface area contributed by atoms with Crippen LogP contribution >= 0.6 is 0 Å². The smallest absolute Gasteiger partial charge is 0.310 e. The first-order valence-electron chi connectivity index (χ1n) is 9.96. The zero-order chi connectivity index (χ0) is 20.8. The maximum Gasteiger partial charge on any atom is 0.310 e. The molecule has 1 N–H and O–H groups in total. The Morgan fingerprint density at radius 3 is 2.48 bits per heavy atom. The SMILES string of the molecule is Cc1ccc(N2CCN(S(=O)(=O)c3ccc4c(c3)C(C(=O)O)CC4)[C@@H](C)C2)cc1. The Balaban J connectivity index is 1.56. The molecule has 2 aromatic carbocycles. The lowest BCUT2D eigenvalue weighted by atomic mass is 10.0. The van der Waals surface area contributed by atoms with Gasteiger partial charge in [0.2, 0.25) is 10.0 Å². The van der Waals surface area contributed by atoms with Crippen LogP contribution in [0.2, 0.25) is 0 Å². The molecule has 29 heavy (non-hydrogen) atoms. The number of aryl methyl sites for hydroxylation is 2. The summed E-state index contributed by atoms with van der Waals surface area (Å²) in [4.78, 5) is 13.9. The van der Waals surface area contributed by atoms with Crippen molar-refractivity contribution in [3.05, 3.63) is 59.2 Å². The predicted octanol–water partition coefficient (Wildman–Crippen LogP) is 3.01. The van der Waals surface area contributed by atoms with Crippen molar-refractivity contribution in [1.29, 1.82) is 0 Å². The molecule has 1 heterocycles. The molecule has 0 spiro atoms. The van der Waals surface area contributed by atoms with E-state index in [4.69, 9.17) is 0 Å². The van der Waals surface area contributed by atoms with Crippen molar-refractivity contribution >= 4 is 21.7 Å². The number of nitrogens with zero attached hydrogens (tertiary/aromatic N) is 2. The molecule has 6 nitrogen and oxygen atoms in total. The van der Waals surface area contributed by atoms with Crippen molar-refractivity contribution in [3.63, 3.8) is 0 Å². The van der Waals surface area contributed by atoms with E-state index in [1.807, 2.05) is 13.8 Å². The first-order chi connectivity index (χ1) is 13.8. The molecule has 4 rings (SSSR count). The number of fused-ring (bicyclic) bond motifs is 1. The number of sulfonamides is 1. The fourth-order valence-electron chi connectivity index (χ4n) is 4.42. The number of benzene rings is 2. The van der Waals surface area contributed by atoms with E-state index in [0.29, 0.717) is 38.0 Å². The number of anilines is 1. The van der Waals surface area contributed by atoms with Crippen molar-refractivity contribution in [2.45, 2.75) is 43.5 Å². The summed E-state index contributed by atoms with van der Waals surface area (Å²) in [6, 6.07) is 13.1. The highest BCUT2D eigenvalue weighted by atomic mass is 32.2. The molecular formula is C22H26N2O4S. The number of rotatable bonds is 4. The molecule has 1 aliphatic carbocycles. The Kier molecular flexibility index (Phi) is 5.12. The molecule has 2 aliphatic rings. The van der Waals surface area contributed by atoms with Gasteiger partial charge >= 0.3 is 5.97 Å². The average molecular weight is 415 g/mol. The zero-order valence-corrected chi connectivity index (χ0v) is 17.5. The van der Waals surface area contributed by atoms with Gasteiger partial charge in [0.05, 0.1) is 10.8 Å². The lowest BCUT2D eigenvalue weighted by Gasteiger charge is -2.40. The lowest BCUT2D eigenvalue weighted by molar-refractivity contribution is -0.138. The molecule has 1 fully saturated rings. The number of carboxylic acids is 1. The van der Waals surface area contributed by atoms with E-state index < -0.39 is 21.9 Å². The molecule has 1 unspecified atom stereocenters.